The van der Waals surface area contributed by atoms with Gasteiger partial charge in [-0.2, -0.15) is 0 Å². The van der Waals surface area contributed by atoms with Crippen molar-refractivity contribution < 1.29 is 0 Å². The summed E-state index contributed by atoms with van der Waals surface area (Å²) in [4.78, 5) is 4.75. The standard InChI is InChI=1S/C64H52N2/c1-63(2,3)49-35-29-45(30-36-49)27-33-47-43-59(65(51-19-11-7-12-20-51)52-21-13-8-14-22-52)57-41-42-58-60(66(53-23-15-9-16-24-53)54-25-17-10-18-26-54)44-48(56-40-39-55(47)61(57)62(56)58)34-28-46-31-37-50(38-32-46)64(4,5)6/h7-26,29-32,35-44H,1-6H3. The minimum absolute atomic E-state index is 0.0564. The van der Waals surface area contributed by atoms with Crippen LogP contribution in [0, 0.1) is 23.7 Å². The van der Waals surface area contributed by atoms with E-state index in [0.717, 1.165) is 88.7 Å². The molecular weight excluding hydrogens is 797 g/mol. The molecule has 0 unspecified atom stereocenters. The fourth-order valence-corrected chi connectivity index (χ4v) is 9.08. The van der Waals surface area contributed by atoms with E-state index in [1.807, 2.05) is 0 Å². The molecule has 0 spiro atoms. The predicted octanol–water partition coefficient (Wildman–Crippen LogP) is 16.9. The maximum absolute atomic E-state index is 3.72. The zero-order valence-electron chi connectivity index (χ0n) is 38.5. The van der Waals surface area contributed by atoms with Crippen molar-refractivity contribution >= 4 is 66.4 Å². The van der Waals surface area contributed by atoms with E-state index in [2.05, 4.69) is 281 Å². The number of nitrogens with zero attached hydrogens (tertiary/aromatic N) is 2. The van der Waals surface area contributed by atoms with E-state index in [9.17, 15) is 0 Å². The summed E-state index contributed by atoms with van der Waals surface area (Å²) >= 11 is 0. The van der Waals surface area contributed by atoms with Crippen LogP contribution in [0.1, 0.15) is 74.9 Å². The van der Waals surface area contributed by atoms with Crippen LogP contribution in [0.3, 0.4) is 0 Å². The summed E-state index contributed by atoms with van der Waals surface area (Å²) in [7, 11) is 0. The van der Waals surface area contributed by atoms with E-state index in [1.165, 1.54) is 11.1 Å². The Hall–Kier alpha value is -8.04. The second kappa shape index (κ2) is 17.2. The highest BCUT2D eigenvalue weighted by molar-refractivity contribution is 6.30. The molecule has 0 heterocycles. The van der Waals surface area contributed by atoms with Gasteiger partial charge >= 0.3 is 0 Å². The van der Waals surface area contributed by atoms with Crippen molar-refractivity contribution in [2.45, 2.75) is 52.4 Å². The molecule has 0 saturated carbocycles. The average molecular weight is 849 g/mol. The van der Waals surface area contributed by atoms with E-state index in [4.69, 9.17) is 0 Å². The van der Waals surface area contributed by atoms with E-state index >= 15 is 0 Å². The van der Waals surface area contributed by atoms with E-state index in [1.54, 1.807) is 0 Å². The van der Waals surface area contributed by atoms with Crippen LogP contribution in [0.25, 0.3) is 32.3 Å². The zero-order chi connectivity index (χ0) is 45.4. The minimum Gasteiger partial charge on any atom is -0.310 e. The second-order valence-electron chi connectivity index (χ2n) is 19.1. The average Bonchev–Trinajstić information content (AvgIpc) is 3.34. The first-order valence-electron chi connectivity index (χ1n) is 22.9. The highest BCUT2D eigenvalue weighted by Crippen LogP contribution is 2.49. The first-order valence-corrected chi connectivity index (χ1v) is 22.9. The summed E-state index contributed by atoms with van der Waals surface area (Å²) in [6, 6.07) is 73.9. The van der Waals surface area contributed by atoms with Gasteiger partial charge in [0.1, 0.15) is 0 Å². The molecule has 10 aromatic rings. The Labute approximate surface area is 390 Å². The summed E-state index contributed by atoms with van der Waals surface area (Å²) < 4.78 is 0. The van der Waals surface area contributed by atoms with Gasteiger partial charge in [-0.05, 0) is 118 Å². The predicted molar refractivity (Wildman–Crippen MR) is 282 cm³/mol. The molecule has 0 radical (unpaired) electrons. The van der Waals surface area contributed by atoms with Crippen LogP contribution in [0.15, 0.2) is 206 Å². The lowest BCUT2D eigenvalue weighted by Gasteiger charge is -2.30. The summed E-state index contributed by atoms with van der Waals surface area (Å²) in [5.41, 5.74) is 13.0. The minimum atomic E-state index is 0.0564. The number of para-hydroxylation sites is 4. The highest BCUT2D eigenvalue weighted by atomic mass is 15.1. The van der Waals surface area contributed by atoms with Crippen molar-refractivity contribution in [2.24, 2.45) is 0 Å². The lowest BCUT2D eigenvalue weighted by atomic mass is 9.86. The lowest BCUT2D eigenvalue weighted by molar-refractivity contribution is 0.590. The molecule has 10 aromatic carbocycles. The topological polar surface area (TPSA) is 6.48 Å². The molecule has 0 bridgehead atoms. The summed E-state index contributed by atoms with van der Waals surface area (Å²) in [5, 5.41) is 6.80. The smallest absolute Gasteiger partial charge is 0.0553 e. The van der Waals surface area contributed by atoms with Crippen molar-refractivity contribution in [3.63, 3.8) is 0 Å². The van der Waals surface area contributed by atoms with Crippen molar-refractivity contribution in [2.75, 3.05) is 9.80 Å². The van der Waals surface area contributed by atoms with Crippen molar-refractivity contribution in [3.05, 3.63) is 240 Å². The van der Waals surface area contributed by atoms with Crippen LogP contribution >= 0.6 is 0 Å². The normalized spacial score (nSPS) is 11.5. The molecule has 2 heteroatoms. The van der Waals surface area contributed by atoms with Crippen LogP contribution in [0.4, 0.5) is 34.1 Å². The van der Waals surface area contributed by atoms with Gasteiger partial charge in [0.2, 0.25) is 0 Å². The Kier molecular flexibility index (Phi) is 10.9. The van der Waals surface area contributed by atoms with Gasteiger partial charge in [-0.25, -0.2) is 0 Å². The molecule has 0 saturated heterocycles. The second-order valence-corrected chi connectivity index (χ2v) is 19.1. The van der Waals surface area contributed by atoms with Gasteiger partial charge in [0.15, 0.2) is 0 Å². The molecule has 66 heavy (non-hydrogen) atoms. The zero-order valence-corrected chi connectivity index (χ0v) is 38.5. The molecule has 0 amide bonds. The molecule has 0 N–H and O–H groups in total. The van der Waals surface area contributed by atoms with Crippen LogP contribution in [0.5, 0.6) is 0 Å². The lowest BCUT2D eigenvalue weighted by Crippen LogP contribution is -2.12. The monoisotopic (exact) mass is 848 g/mol. The summed E-state index contributed by atoms with van der Waals surface area (Å²) in [6.07, 6.45) is 0. The largest absolute Gasteiger partial charge is 0.310 e. The van der Waals surface area contributed by atoms with Gasteiger partial charge in [-0.3, -0.25) is 0 Å². The Balaban J connectivity index is 1.30. The van der Waals surface area contributed by atoms with Crippen LogP contribution in [-0.4, -0.2) is 0 Å². The molecule has 0 aliphatic carbocycles. The SMILES string of the molecule is CC(C)(C)c1ccc(C#Cc2cc(N(c3ccccc3)c3ccccc3)c3ccc4c(N(c5ccccc5)c5ccccc5)cc(C#Cc5ccc(C(C)(C)C)cc5)c5ccc2c3c54)cc1. The number of rotatable bonds is 6. The van der Waals surface area contributed by atoms with Crippen LogP contribution in [0.2, 0.25) is 0 Å². The third kappa shape index (κ3) is 8.16. The first kappa shape index (κ1) is 41.9. The Morgan fingerprint density at radius 1 is 0.303 bits per heavy atom. The Bertz CT molecular complexity index is 3130. The molecule has 0 aliphatic rings. The van der Waals surface area contributed by atoms with Crippen LogP contribution < -0.4 is 9.80 Å². The fraction of sp³-hybridized carbons (Fsp3) is 0.125. The molecule has 0 fully saturated rings. The molecule has 318 valence electrons. The maximum Gasteiger partial charge on any atom is 0.0553 e. The first-order chi connectivity index (χ1) is 32.0. The van der Waals surface area contributed by atoms with E-state index < -0.39 is 0 Å². The highest BCUT2D eigenvalue weighted by Gasteiger charge is 2.25. The molecule has 0 atom stereocenters. The Morgan fingerprint density at radius 3 is 0.879 bits per heavy atom. The fourth-order valence-electron chi connectivity index (χ4n) is 9.08. The number of hydrogen-bond donors (Lipinski definition) is 0. The van der Waals surface area contributed by atoms with E-state index in [-0.39, 0.29) is 10.8 Å². The summed E-state index contributed by atoms with van der Waals surface area (Å²) in [5.74, 6) is 14.6. The quantitative estimate of drug-likeness (QED) is 0.121. The number of hydrogen-bond acceptors (Lipinski definition) is 2. The number of benzene rings is 10. The van der Waals surface area contributed by atoms with Crippen molar-refractivity contribution in [1.29, 1.82) is 0 Å². The molecule has 0 aliphatic heterocycles. The molecule has 0 aromatic heterocycles. The van der Waals surface area contributed by atoms with Gasteiger partial charge in [-0.1, -0.05) is 187 Å². The third-order valence-electron chi connectivity index (χ3n) is 12.6. The maximum atomic E-state index is 3.72. The Morgan fingerprint density at radius 2 is 0.591 bits per heavy atom. The number of anilines is 6. The van der Waals surface area contributed by atoms with Gasteiger partial charge < -0.3 is 9.80 Å². The van der Waals surface area contributed by atoms with E-state index in [0.29, 0.717) is 0 Å². The molecular formula is C64H52N2. The summed E-state index contributed by atoms with van der Waals surface area (Å²) in [6.45, 7) is 13.5. The van der Waals surface area contributed by atoms with Crippen molar-refractivity contribution in [1.82, 2.24) is 0 Å². The van der Waals surface area contributed by atoms with Gasteiger partial charge in [-0.15, -0.1) is 0 Å². The molecule has 2 nitrogen and oxygen atoms in total. The van der Waals surface area contributed by atoms with Gasteiger partial charge in [0.25, 0.3) is 0 Å². The third-order valence-corrected chi connectivity index (χ3v) is 12.6. The van der Waals surface area contributed by atoms with Crippen LogP contribution in [-0.2, 0) is 10.8 Å². The van der Waals surface area contributed by atoms with Gasteiger partial charge in [0.05, 0.1) is 11.4 Å². The van der Waals surface area contributed by atoms with Gasteiger partial charge in [0, 0.05) is 66.5 Å². The van der Waals surface area contributed by atoms with Crippen molar-refractivity contribution in [3.8, 4) is 23.7 Å². The molecule has 10 rings (SSSR count).